The lowest BCUT2D eigenvalue weighted by molar-refractivity contribution is -0.149. The van der Waals surface area contributed by atoms with Gasteiger partial charge in [0.25, 0.3) is 0 Å². The maximum absolute atomic E-state index is 11.6. The van der Waals surface area contributed by atoms with Crippen LogP contribution in [-0.4, -0.2) is 28.9 Å². The quantitative estimate of drug-likeness (QED) is 0.437. The predicted molar refractivity (Wildman–Crippen MR) is 85.7 cm³/mol. The molecule has 20 heavy (non-hydrogen) atoms. The minimum absolute atomic E-state index is 0.317. The summed E-state index contributed by atoms with van der Waals surface area (Å²) in [5.41, 5.74) is 5.08. The maximum atomic E-state index is 11.6. The smallest absolute Gasteiger partial charge is 0.325 e. The minimum Gasteiger partial charge on any atom is -0.465 e. The molecule has 0 saturated heterocycles. The Kier molecular flexibility index (Phi) is 7.55. The van der Waals surface area contributed by atoms with Crippen molar-refractivity contribution < 1.29 is 9.53 Å². The molecule has 0 radical (unpaired) electrons. The van der Waals surface area contributed by atoms with Gasteiger partial charge in [-0.05, 0) is 60.5 Å². The summed E-state index contributed by atoms with van der Waals surface area (Å²) in [6.45, 7) is 3.89. The van der Waals surface area contributed by atoms with Crippen LogP contribution in [-0.2, 0) is 9.53 Å². The van der Waals surface area contributed by atoms with Crippen LogP contribution < -0.4 is 5.73 Å². The molecule has 0 aliphatic rings. The van der Waals surface area contributed by atoms with Crippen LogP contribution >= 0.6 is 27.7 Å². The summed E-state index contributed by atoms with van der Waals surface area (Å²) < 4.78 is 5.94. The molecule has 0 bridgehead atoms. The van der Waals surface area contributed by atoms with Crippen LogP contribution in [0.4, 0.5) is 0 Å². The highest BCUT2D eigenvalue weighted by atomic mass is 79.9. The summed E-state index contributed by atoms with van der Waals surface area (Å²) in [7, 11) is 0. The van der Waals surface area contributed by atoms with Gasteiger partial charge in [-0.25, -0.2) is 4.98 Å². The van der Waals surface area contributed by atoms with Crippen molar-refractivity contribution in [2.24, 2.45) is 5.73 Å². The highest BCUT2D eigenvalue weighted by Gasteiger charge is 2.28. The van der Waals surface area contributed by atoms with Crippen molar-refractivity contribution in [3.05, 3.63) is 22.8 Å². The molecule has 0 fully saturated rings. The number of nitrogens with zero attached hydrogens (tertiary/aromatic N) is 1. The van der Waals surface area contributed by atoms with Gasteiger partial charge in [-0.1, -0.05) is 6.42 Å². The first-order chi connectivity index (χ1) is 9.45. The average Bonchev–Trinajstić information content (AvgIpc) is 2.40. The lowest BCUT2D eigenvalue weighted by atomic mass is 9.96. The van der Waals surface area contributed by atoms with Crippen LogP contribution in [0, 0.1) is 0 Å². The van der Waals surface area contributed by atoms with Crippen molar-refractivity contribution in [2.45, 2.75) is 43.7 Å². The Morgan fingerprint density at radius 2 is 2.25 bits per heavy atom. The Morgan fingerprint density at radius 1 is 1.50 bits per heavy atom. The van der Waals surface area contributed by atoms with Gasteiger partial charge in [0.05, 0.1) is 11.6 Å². The molecular weight excluding hydrogens is 340 g/mol. The van der Waals surface area contributed by atoms with E-state index >= 15 is 0 Å². The van der Waals surface area contributed by atoms with Gasteiger partial charge in [0, 0.05) is 10.7 Å². The molecule has 1 heterocycles. The fourth-order valence-corrected chi connectivity index (χ4v) is 2.70. The zero-order valence-corrected chi connectivity index (χ0v) is 14.3. The van der Waals surface area contributed by atoms with Crippen molar-refractivity contribution >= 4 is 33.7 Å². The fourth-order valence-electron chi connectivity index (χ4n) is 1.62. The molecule has 1 rings (SSSR count). The molecule has 1 aromatic rings. The SMILES string of the molecule is CCOC(=O)C(C)(N)CCCCSc1ccc(Br)cn1. The van der Waals surface area contributed by atoms with Gasteiger partial charge in [0.2, 0.25) is 0 Å². The predicted octanol–water partition coefficient (Wildman–Crippen LogP) is 3.39. The molecule has 112 valence electrons. The van der Waals surface area contributed by atoms with Gasteiger partial charge < -0.3 is 10.5 Å². The number of aromatic nitrogens is 1. The molecular formula is C14H21BrN2O2S. The second kappa shape index (κ2) is 8.64. The van der Waals surface area contributed by atoms with Crippen LogP contribution in [0.3, 0.4) is 0 Å². The van der Waals surface area contributed by atoms with Crippen LogP contribution in [0.5, 0.6) is 0 Å². The van der Waals surface area contributed by atoms with Crippen molar-refractivity contribution in [1.29, 1.82) is 0 Å². The van der Waals surface area contributed by atoms with Gasteiger partial charge in [-0.15, -0.1) is 11.8 Å². The van der Waals surface area contributed by atoms with Crippen molar-refractivity contribution in [3.63, 3.8) is 0 Å². The number of rotatable bonds is 8. The van der Waals surface area contributed by atoms with E-state index < -0.39 is 5.54 Å². The number of pyridine rings is 1. The van der Waals surface area contributed by atoms with E-state index in [4.69, 9.17) is 10.5 Å². The number of ether oxygens (including phenoxy) is 1. The van der Waals surface area contributed by atoms with E-state index in [9.17, 15) is 4.79 Å². The van der Waals surface area contributed by atoms with E-state index in [0.717, 1.165) is 28.1 Å². The van der Waals surface area contributed by atoms with Crippen molar-refractivity contribution in [3.8, 4) is 0 Å². The Labute approximate surface area is 133 Å². The Bertz CT molecular complexity index is 424. The monoisotopic (exact) mass is 360 g/mol. The van der Waals surface area contributed by atoms with E-state index in [2.05, 4.69) is 20.9 Å². The van der Waals surface area contributed by atoms with Crippen LogP contribution in [0.1, 0.15) is 33.1 Å². The van der Waals surface area contributed by atoms with E-state index in [1.165, 1.54) is 0 Å². The number of carbonyl (C=O) groups excluding carboxylic acids is 1. The van der Waals surface area contributed by atoms with Crippen LogP contribution in [0.2, 0.25) is 0 Å². The Hall–Kier alpha value is -0.590. The number of nitrogens with two attached hydrogens (primary N) is 1. The average molecular weight is 361 g/mol. The first-order valence-corrected chi connectivity index (χ1v) is 8.44. The summed E-state index contributed by atoms with van der Waals surface area (Å²) in [5, 5.41) is 1.01. The lowest BCUT2D eigenvalue weighted by Crippen LogP contribution is -2.46. The molecule has 1 atom stereocenters. The molecule has 0 amide bonds. The van der Waals surface area contributed by atoms with Crippen molar-refractivity contribution in [1.82, 2.24) is 4.98 Å². The van der Waals surface area contributed by atoms with E-state index in [0.29, 0.717) is 13.0 Å². The number of thioether (sulfide) groups is 1. The summed E-state index contributed by atoms with van der Waals surface area (Å²) >= 11 is 5.07. The largest absolute Gasteiger partial charge is 0.465 e. The van der Waals surface area contributed by atoms with E-state index in [1.807, 2.05) is 12.1 Å². The number of carbonyl (C=O) groups is 1. The van der Waals surface area contributed by atoms with Gasteiger partial charge in [-0.3, -0.25) is 4.79 Å². The molecule has 4 nitrogen and oxygen atoms in total. The van der Waals surface area contributed by atoms with E-state index in [1.54, 1.807) is 31.8 Å². The second-order valence-corrected chi connectivity index (χ2v) is 6.79. The third-order valence-corrected chi connectivity index (χ3v) is 4.28. The van der Waals surface area contributed by atoms with Crippen LogP contribution in [0.15, 0.2) is 27.8 Å². The summed E-state index contributed by atoms with van der Waals surface area (Å²) in [6.07, 6.45) is 4.32. The molecule has 0 saturated carbocycles. The van der Waals surface area contributed by atoms with Gasteiger partial charge in [0.15, 0.2) is 0 Å². The lowest BCUT2D eigenvalue weighted by Gasteiger charge is -2.21. The number of hydrogen-bond acceptors (Lipinski definition) is 5. The summed E-state index contributed by atoms with van der Waals surface area (Å²) in [6, 6.07) is 3.97. The zero-order valence-electron chi connectivity index (χ0n) is 11.9. The summed E-state index contributed by atoms with van der Waals surface area (Å²) in [5.74, 6) is 0.648. The van der Waals surface area contributed by atoms with Crippen molar-refractivity contribution in [2.75, 3.05) is 12.4 Å². The molecule has 6 heteroatoms. The standard InChI is InChI=1S/C14H21BrN2O2S/c1-3-19-13(18)14(2,16)8-4-5-9-20-12-7-6-11(15)10-17-12/h6-7,10H,3-5,8-9,16H2,1-2H3. The molecule has 0 aliphatic carbocycles. The number of halogens is 1. The highest BCUT2D eigenvalue weighted by Crippen LogP contribution is 2.20. The molecule has 0 aromatic carbocycles. The van der Waals surface area contributed by atoms with Crippen LogP contribution in [0.25, 0.3) is 0 Å². The molecule has 1 aromatic heterocycles. The highest BCUT2D eigenvalue weighted by molar-refractivity contribution is 9.10. The molecule has 2 N–H and O–H groups in total. The van der Waals surface area contributed by atoms with Gasteiger partial charge in [-0.2, -0.15) is 0 Å². The molecule has 0 spiro atoms. The first kappa shape index (κ1) is 17.5. The fraction of sp³-hybridized carbons (Fsp3) is 0.571. The second-order valence-electron chi connectivity index (χ2n) is 4.76. The minimum atomic E-state index is -0.878. The molecule has 0 aliphatic heterocycles. The maximum Gasteiger partial charge on any atom is 0.325 e. The number of esters is 1. The third kappa shape index (κ3) is 6.24. The normalized spacial score (nSPS) is 13.8. The summed E-state index contributed by atoms with van der Waals surface area (Å²) in [4.78, 5) is 15.9. The first-order valence-electron chi connectivity index (χ1n) is 6.66. The Balaban J connectivity index is 2.21. The third-order valence-electron chi connectivity index (χ3n) is 2.78. The number of unbranched alkanes of at least 4 members (excludes halogenated alkanes) is 1. The molecule has 1 unspecified atom stereocenters. The number of hydrogen-bond donors (Lipinski definition) is 1. The van der Waals surface area contributed by atoms with Gasteiger partial charge in [0.1, 0.15) is 5.54 Å². The zero-order chi connectivity index (χ0) is 15.0. The van der Waals surface area contributed by atoms with Gasteiger partial charge >= 0.3 is 5.97 Å². The topological polar surface area (TPSA) is 65.2 Å². The van der Waals surface area contributed by atoms with E-state index in [-0.39, 0.29) is 5.97 Å². The Morgan fingerprint density at radius 3 is 2.85 bits per heavy atom.